The summed E-state index contributed by atoms with van der Waals surface area (Å²) >= 11 is 6.10. The van der Waals surface area contributed by atoms with Gasteiger partial charge in [-0.1, -0.05) is 84.2 Å². The lowest BCUT2D eigenvalue weighted by molar-refractivity contribution is -0.133. The smallest absolute Gasteiger partial charge is 0.315 e. The number of esters is 1. The highest BCUT2D eigenvalue weighted by Crippen LogP contribution is 2.45. The van der Waals surface area contributed by atoms with Crippen molar-refractivity contribution in [3.63, 3.8) is 0 Å². The van der Waals surface area contributed by atoms with Crippen LogP contribution in [0, 0.1) is 45.4 Å². The third-order valence-corrected chi connectivity index (χ3v) is 12.5. The molecule has 0 unspecified atom stereocenters. The van der Waals surface area contributed by atoms with Crippen molar-refractivity contribution in [1.29, 1.82) is 0 Å². The summed E-state index contributed by atoms with van der Waals surface area (Å²) < 4.78 is 20.3. The van der Waals surface area contributed by atoms with Crippen LogP contribution in [-0.2, 0) is 17.6 Å². The molecule has 0 spiro atoms. The Balaban J connectivity index is 1.25. The van der Waals surface area contributed by atoms with Crippen molar-refractivity contribution in [2.45, 2.75) is 145 Å². The van der Waals surface area contributed by atoms with Crippen LogP contribution in [0.5, 0.6) is 17.2 Å². The number of methoxy groups -OCH3 is 1. The number of aromatic nitrogens is 1. The predicted molar refractivity (Wildman–Crippen MR) is 226 cm³/mol. The molecule has 3 aromatic carbocycles. The summed E-state index contributed by atoms with van der Waals surface area (Å²) in [7, 11) is 1.60. The van der Waals surface area contributed by atoms with Gasteiger partial charge < -0.3 is 14.2 Å². The van der Waals surface area contributed by atoms with Crippen molar-refractivity contribution in [2.24, 2.45) is 17.8 Å². The summed E-state index contributed by atoms with van der Waals surface area (Å²) in [6.07, 6.45) is 13.3. The van der Waals surface area contributed by atoms with Gasteiger partial charge in [0.2, 0.25) is 0 Å². The fourth-order valence-corrected chi connectivity index (χ4v) is 8.63. The molecule has 0 fully saturated rings. The lowest BCUT2D eigenvalue weighted by Gasteiger charge is -2.38. The largest absolute Gasteiger partial charge is 0.497 e. The molecule has 298 valence electrons. The van der Waals surface area contributed by atoms with E-state index < -0.39 is 0 Å². The van der Waals surface area contributed by atoms with E-state index >= 15 is 0 Å². The van der Waals surface area contributed by atoms with Crippen molar-refractivity contribution < 1.29 is 23.8 Å². The number of hydrogen-bond acceptors (Lipinski definition) is 5. The molecule has 3 atom stereocenters. The van der Waals surface area contributed by atoms with Crippen molar-refractivity contribution in [1.82, 2.24) is 4.57 Å². The van der Waals surface area contributed by atoms with E-state index in [9.17, 15) is 9.59 Å². The van der Waals surface area contributed by atoms with Crippen LogP contribution in [0.15, 0.2) is 42.5 Å². The highest BCUT2D eigenvalue weighted by molar-refractivity contribution is 6.30. The van der Waals surface area contributed by atoms with Gasteiger partial charge >= 0.3 is 5.97 Å². The molecule has 4 aromatic rings. The van der Waals surface area contributed by atoms with Crippen LogP contribution in [0.1, 0.15) is 143 Å². The summed E-state index contributed by atoms with van der Waals surface area (Å²) in [5, 5.41) is 1.33. The summed E-state index contributed by atoms with van der Waals surface area (Å²) in [4.78, 5) is 27.6. The molecule has 5 rings (SSSR count). The van der Waals surface area contributed by atoms with Gasteiger partial charge in [-0.3, -0.25) is 14.2 Å². The van der Waals surface area contributed by atoms with E-state index in [1.165, 1.54) is 44.9 Å². The monoisotopic (exact) mass is 769 g/mol. The molecular formula is C48H64ClNO5. The van der Waals surface area contributed by atoms with Crippen molar-refractivity contribution in [3.05, 3.63) is 86.6 Å². The van der Waals surface area contributed by atoms with E-state index in [0.29, 0.717) is 33.3 Å². The molecule has 55 heavy (non-hydrogen) atoms. The summed E-state index contributed by atoms with van der Waals surface area (Å²) in [5.74, 6) is 4.00. The molecule has 1 aliphatic rings. The second kappa shape index (κ2) is 18.4. The standard InChI is InChI=1S/C48H64ClNO5/c1-30(2)14-11-15-31(3)16-12-17-32(4)18-13-26-48(9)27-25-40-35(7)45(33(5)34(6)46(40)55-48)54-44(51)29-41-36(8)50(43-24-23-39(53-10)28-42(41)43)47(52)37-19-21-38(49)22-20-37/h19-24,28,30-32H,11-18,25-27,29H2,1-10H3/t31-,32-,48-/m1/s1. The maximum atomic E-state index is 13.8. The van der Waals surface area contributed by atoms with Crippen molar-refractivity contribution in [2.75, 3.05) is 7.11 Å². The van der Waals surface area contributed by atoms with Crippen LogP contribution in [0.3, 0.4) is 0 Å². The Morgan fingerprint density at radius 1 is 0.855 bits per heavy atom. The molecule has 0 saturated carbocycles. The average molecular weight is 770 g/mol. The van der Waals surface area contributed by atoms with E-state index in [1.807, 2.05) is 39.0 Å². The zero-order valence-electron chi connectivity index (χ0n) is 35.1. The number of fused-ring (bicyclic) bond motifs is 2. The topological polar surface area (TPSA) is 66.8 Å². The first-order chi connectivity index (χ1) is 26.1. The Bertz CT molecular complexity index is 1970. The van der Waals surface area contributed by atoms with Crippen molar-refractivity contribution >= 4 is 34.4 Å². The molecule has 0 aliphatic carbocycles. The minimum Gasteiger partial charge on any atom is -0.497 e. The second-order valence-corrected chi connectivity index (χ2v) is 17.6. The van der Waals surface area contributed by atoms with Gasteiger partial charge in [0.25, 0.3) is 5.91 Å². The van der Waals surface area contributed by atoms with Crippen LogP contribution < -0.4 is 14.2 Å². The van der Waals surface area contributed by atoms with Crippen LogP contribution in [0.4, 0.5) is 0 Å². The lowest BCUT2D eigenvalue weighted by Crippen LogP contribution is -2.37. The highest BCUT2D eigenvalue weighted by atomic mass is 35.5. The van der Waals surface area contributed by atoms with E-state index in [2.05, 4.69) is 41.5 Å². The van der Waals surface area contributed by atoms with E-state index in [-0.39, 0.29) is 23.9 Å². The second-order valence-electron chi connectivity index (χ2n) is 17.2. The fraction of sp³-hybridized carbons (Fsp3) is 0.542. The van der Waals surface area contributed by atoms with Crippen LogP contribution in [0.2, 0.25) is 5.02 Å². The molecule has 7 heteroatoms. The number of carbonyl (C=O) groups is 2. The van der Waals surface area contributed by atoms with Gasteiger partial charge in [-0.05, 0) is 143 Å². The minimum atomic E-state index is -0.384. The molecule has 1 aromatic heterocycles. The molecule has 0 N–H and O–H groups in total. The third kappa shape index (κ3) is 10.2. The number of benzene rings is 3. The number of ether oxygens (including phenoxy) is 3. The Morgan fingerprint density at radius 3 is 2.13 bits per heavy atom. The van der Waals surface area contributed by atoms with Gasteiger partial charge in [0.05, 0.1) is 19.0 Å². The molecule has 0 amide bonds. The Hall–Kier alpha value is -3.77. The molecule has 6 nitrogen and oxygen atoms in total. The first kappa shape index (κ1) is 42.4. The molecule has 1 aliphatic heterocycles. The normalized spacial score (nSPS) is 16.5. The minimum absolute atomic E-state index is 0.00424. The molecule has 0 bridgehead atoms. The van der Waals surface area contributed by atoms with Gasteiger partial charge in [-0.15, -0.1) is 0 Å². The third-order valence-electron chi connectivity index (χ3n) is 12.2. The molecule has 2 heterocycles. The SMILES string of the molecule is COc1ccc2c(c1)c(CC(=O)Oc1c(C)c(C)c3c(c1C)CC[C@@](C)(CCC[C@H](C)CCC[C@H](C)CCCC(C)C)O3)c(C)n2C(=O)c1ccc(Cl)cc1. The average Bonchev–Trinajstić information content (AvgIpc) is 3.41. The maximum Gasteiger partial charge on any atom is 0.315 e. The zero-order valence-corrected chi connectivity index (χ0v) is 35.9. The maximum absolute atomic E-state index is 13.8. The first-order valence-electron chi connectivity index (χ1n) is 20.6. The Morgan fingerprint density at radius 2 is 1.49 bits per heavy atom. The Kier molecular flexibility index (Phi) is 14.2. The summed E-state index contributed by atoms with van der Waals surface area (Å²) in [5.41, 5.74) is 6.42. The number of rotatable bonds is 17. The van der Waals surface area contributed by atoms with Crippen LogP contribution >= 0.6 is 11.6 Å². The van der Waals surface area contributed by atoms with E-state index in [4.69, 9.17) is 25.8 Å². The molecular weight excluding hydrogens is 706 g/mol. The summed E-state index contributed by atoms with van der Waals surface area (Å²) in [6, 6.07) is 12.4. The number of halogens is 1. The summed E-state index contributed by atoms with van der Waals surface area (Å²) in [6.45, 7) is 19.8. The lowest BCUT2D eigenvalue weighted by atomic mass is 9.83. The van der Waals surface area contributed by atoms with Gasteiger partial charge in [0.15, 0.2) is 0 Å². The molecule has 0 saturated heterocycles. The number of nitrogens with zero attached hydrogens (tertiary/aromatic N) is 1. The first-order valence-corrected chi connectivity index (χ1v) is 21.0. The Labute approximate surface area is 335 Å². The van der Waals surface area contributed by atoms with Gasteiger partial charge in [0, 0.05) is 27.2 Å². The zero-order chi connectivity index (χ0) is 40.0. The van der Waals surface area contributed by atoms with E-state index in [0.717, 1.165) is 82.4 Å². The molecule has 0 radical (unpaired) electrons. The number of carbonyl (C=O) groups excluding carboxylic acids is 2. The van der Waals surface area contributed by atoms with Crippen LogP contribution in [0.25, 0.3) is 10.9 Å². The van der Waals surface area contributed by atoms with Gasteiger partial charge in [0.1, 0.15) is 22.8 Å². The van der Waals surface area contributed by atoms with Crippen LogP contribution in [-0.4, -0.2) is 29.2 Å². The fourth-order valence-electron chi connectivity index (χ4n) is 8.50. The van der Waals surface area contributed by atoms with Gasteiger partial charge in [-0.25, -0.2) is 0 Å². The predicted octanol–water partition coefficient (Wildman–Crippen LogP) is 12.9. The highest BCUT2D eigenvalue weighted by Gasteiger charge is 2.35. The van der Waals surface area contributed by atoms with Crippen molar-refractivity contribution in [3.8, 4) is 17.2 Å². The van der Waals surface area contributed by atoms with Gasteiger partial charge in [-0.2, -0.15) is 0 Å². The number of hydrogen-bond donors (Lipinski definition) is 0. The quantitative estimate of drug-likeness (QED) is 0.0790. The van der Waals surface area contributed by atoms with E-state index in [1.54, 1.807) is 35.9 Å².